The normalized spacial score (nSPS) is 15.7. The van der Waals surface area contributed by atoms with Crippen LogP contribution in [-0.4, -0.2) is 50.1 Å². The molecule has 4 aromatic rings. The van der Waals surface area contributed by atoms with Crippen molar-refractivity contribution in [3.8, 4) is 6.07 Å². The highest BCUT2D eigenvalue weighted by Crippen LogP contribution is 2.28. The summed E-state index contributed by atoms with van der Waals surface area (Å²) in [6.07, 6.45) is -2.69. The Morgan fingerprint density at radius 2 is 2.06 bits per heavy atom. The average molecular weight is 469 g/mol. The maximum absolute atomic E-state index is 12.7. The molecule has 0 bridgehead atoms. The number of aromatic amines is 1. The number of hydrogen-bond donors (Lipinski definition) is 2. The fraction of sp³-hybridized carbons (Fsp3) is 0.391. The summed E-state index contributed by atoms with van der Waals surface area (Å²) in [7, 11) is 0. The first-order valence-electron chi connectivity index (χ1n) is 11.0. The fourth-order valence-electron chi connectivity index (χ4n) is 4.45. The molecule has 0 spiro atoms. The molecule has 2 N–H and O–H groups in total. The second-order valence-electron chi connectivity index (χ2n) is 8.58. The third-order valence-corrected chi connectivity index (χ3v) is 6.22. The summed E-state index contributed by atoms with van der Waals surface area (Å²) in [5.74, 6) is -0.0276. The van der Waals surface area contributed by atoms with Gasteiger partial charge in [0.1, 0.15) is 24.5 Å². The molecule has 0 unspecified atom stereocenters. The van der Waals surface area contributed by atoms with Crippen molar-refractivity contribution in [2.75, 3.05) is 18.4 Å². The number of H-pyrrole nitrogens is 1. The van der Waals surface area contributed by atoms with Crippen LogP contribution in [0.5, 0.6) is 0 Å². The molecule has 1 aliphatic rings. The molecule has 1 saturated heterocycles. The molecule has 0 radical (unpaired) electrons. The minimum atomic E-state index is -4.41. The topological polar surface area (TPSA) is 107 Å². The van der Waals surface area contributed by atoms with Crippen LogP contribution in [0.4, 0.5) is 19.0 Å². The zero-order valence-electron chi connectivity index (χ0n) is 18.4. The average Bonchev–Trinajstić information content (AvgIpc) is 3.40. The van der Waals surface area contributed by atoms with Gasteiger partial charge in [0.2, 0.25) is 5.89 Å². The Kier molecular flexibility index (Phi) is 5.61. The van der Waals surface area contributed by atoms with Gasteiger partial charge in [0.15, 0.2) is 11.3 Å². The van der Waals surface area contributed by atoms with E-state index in [0.717, 1.165) is 43.4 Å². The van der Waals surface area contributed by atoms with E-state index in [1.807, 2.05) is 12.1 Å². The molecule has 0 atom stereocenters. The lowest BCUT2D eigenvalue weighted by molar-refractivity contribution is -0.130. The van der Waals surface area contributed by atoms with Crippen molar-refractivity contribution in [3.63, 3.8) is 0 Å². The van der Waals surface area contributed by atoms with Gasteiger partial charge >= 0.3 is 6.18 Å². The van der Waals surface area contributed by atoms with Crippen molar-refractivity contribution in [2.45, 2.75) is 44.9 Å². The van der Waals surface area contributed by atoms with Crippen molar-refractivity contribution in [2.24, 2.45) is 0 Å². The van der Waals surface area contributed by atoms with Crippen LogP contribution in [0.1, 0.15) is 35.6 Å². The van der Waals surface area contributed by atoms with Gasteiger partial charge in [-0.25, -0.2) is 9.97 Å². The molecule has 0 saturated carbocycles. The SMILES string of the molecule is Cc1c(CN2CCC(Nc3ncnc4oc(CC(F)(F)F)nc34)CC2)ccc2[nH]c(C#N)cc12. The highest BCUT2D eigenvalue weighted by Gasteiger charge is 2.31. The van der Waals surface area contributed by atoms with E-state index in [4.69, 9.17) is 9.68 Å². The Morgan fingerprint density at radius 3 is 2.79 bits per heavy atom. The number of nitrogens with zero attached hydrogens (tertiary/aromatic N) is 5. The number of likely N-dealkylation sites (tertiary alicyclic amines) is 1. The molecule has 0 aliphatic carbocycles. The molecule has 11 heteroatoms. The Hall–Kier alpha value is -3.65. The maximum Gasteiger partial charge on any atom is 0.397 e. The second-order valence-corrected chi connectivity index (χ2v) is 8.58. The molecular weight excluding hydrogens is 447 g/mol. The Labute approximate surface area is 192 Å². The molecule has 34 heavy (non-hydrogen) atoms. The lowest BCUT2D eigenvalue weighted by Crippen LogP contribution is -2.39. The number of halogens is 3. The molecule has 1 aliphatic heterocycles. The molecule has 1 aromatic carbocycles. The van der Waals surface area contributed by atoms with Gasteiger partial charge in [-0.15, -0.1) is 0 Å². The molecule has 3 aromatic heterocycles. The first-order chi connectivity index (χ1) is 16.3. The summed E-state index contributed by atoms with van der Waals surface area (Å²) in [5, 5.41) is 13.5. The molecule has 1 fully saturated rings. The summed E-state index contributed by atoms with van der Waals surface area (Å²) in [4.78, 5) is 17.5. The van der Waals surface area contributed by atoms with E-state index >= 15 is 0 Å². The molecule has 176 valence electrons. The predicted octanol–water partition coefficient (Wildman–Crippen LogP) is 4.46. The van der Waals surface area contributed by atoms with Crippen molar-refractivity contribution >= 4 is 28.0 Å². The monoisotopic (exact) mass is 469 g/mol. The minimum Gasteiger partial charge on any atom is -0.422 e. The van der Waals surface area contributed by atoms with Crippen LogP contribution in [0.2, 0.25) is 0 Å². The zero-order chi connectivity index (χ0) is 23.9. The first kappa shape index (κ1) is 22.2. The summed E-state index contributed by atoms with van der Waals surface area (Å²) in [6.45, 7) is 4.60. The van der Waals surface area contributed by atoms with Gasteiger partial charge in [-0.2, -0.15) is 23.4 Å². The van der Waals surface area contributed by atoms with E-state index in [1.54, 1.807) is 0 Å². The van der Waals surface area contributed by atoms with E-state index < -0.39 is 18.5 Å². The third-order valence-electron chi connectivity index (χ3n) is 6.22. The number of rotatable bonds is 5. The lowest BCUT2D eigenvalue weighted by atomic mass is 10.0. The van der Waals surface area contributed by atoms with Crippen LogP contribution < -0.4 is 5.32 Å². The van der Waals surface area contributed by atoms with Gasteiger partial charge in [-0.1, -0.05) is 6.07 Å². The van der Waals surface area contributed by atoms with Crippen LogP contribution >= 0.6 is 0 Å². The van der Waals surface area contributed by atoms with Gasteiger partial charge in [0.25, 0.3) is 5.71 Å². The summed E-state index contributed by atoms with van der Waals surface area (Å²) >= 11 is 0. The predicted molar refractivity (Wildman–Crippen MR) is 119 cm³/mol. The number of benzene rings is 1. The molecule has 8 nitrogen and oxygen atoms in total. The first-order valence-corrected chi connectivity index (χ1v) is 11.0. The van der Waals surface area contributed by atoms with Gasteiger partial charge in [-0.05, 0) is 43.0 Å². The van der Waals surface area contributed by atoms with Crippen molar-refractivity contribution in [1.82, 2.24) is 24.8 Å². The quantitative estimate of drug-likeness (QED) is 0.444. The lowest BCUT2D eigenvalue weighted by Gasteiger charge is -2.33. The van der Waals surface area contributed by atoms with Gasteiger partial charge in [0, 0.05) is 36.6 Å². The molecule has 0 amide bonds. The summed E-state index contributed by atoms with van der Waals surface area (Å²) < 4.78 is 43.2. The summed E-state index contributed by atoms with van der Waals surface area (Å²) in [6, 6.07) is 8.26. The number of aryl methyl sites for hydroxylation is 1. The van der Waals surface area contributed by atoms with Crippen LogP contribution in [0.25, 0.3) is 22.1 Å². The molecule has 4 heterocycles. The third kappa shape index (κ3) is 4.54. The van der Waals surface area contributed by atoms with Gasteiger partial charge < -0.3 is 14.7 Å². The number of aromatic nitrogens is 4. The number of hydrogen-bond acceptors (Lipinski definition) is 7. The zero-order valence-corrected chi connectivity index (χ0v) is 18.4. The van der Waals surface area contributed by atoms with E-state index in [1.165, 1.54) is 17.5 Å². The number of fused-ring (bicyclic) bond motifs is 2. The Bertz CT molecular complexity index is 1380. The second kappa shape index (κ2) is 8.61. The van der Waals surface area contributed by atoms with E-state index in [0.29, 0.717) is 11.5 Å². The number of anilines is 1. The number of nitriles is 1. The summed E-state index contributed by atoms with van der Waals surface area (Å²) in [5.41, 5.74) is 4.17. The van der Waals surface area contributed by atoms with Crippen LogP contribution in [0.15, 0.2) is 28.9 Å². The van der Waals surface area contributed by atoms with Gasteiger partial charge in [0.05, 0.1) is 0 Å². The van der Waals surface area contributed by atoms with Crippen LogP contribution in [0.3, 0.4) is 0 Å². The van der Waals surface area contributed by atoms with E-state index in [-0.39, 0.29) is 17.3 Å². The number of oxazole rings is 1. The Balaban J connectivity index is 1.23. The van der Waals surface area contributed by atoms with Gasteiger partial charge in [-0.3, -0.25) is 4.90 Å². The van der Waals surface area contributed by atoms with Crippen molar-refractivity contribution in [1.29, 1.82) is 5.26 Å². The van der Waals surface area contributed by atoms with Crippen molar-refractivity contribution in [3.05, 3.63) is 47.2 Å². The highest BCUT2D eigenvalue weighted by molar-refractivity contribution is 5.85. The number of nitrogens with one attached hydrogen (secondary N) is 2. The largest absolute Gasteiger partial charge is 0.422 e. The smallest absolute Gasteiger partial charge is 0.397 e. The fourth-order valence-corrected chi connectivity index (χ4v) is 4.45. The molecular formula is C23H22F3N7O. The van der Waals surface area contributed by atoms with Crippen LogP contribution in [-0.2, 0) is 13.0 Å². The maximum atomic E-state index is 12.7. The molecule has 5 rings (SSSR count). The minimum absolute atomic E-state index is 0.0457. The standard InChI is InChI=1S/C23H22F3N7O/c1-13-14(2-3-18-17(13)8-16(10-27)30-18)11-33-6-4-15(5-7-33)31-21-20-22(29-12-28-21)34-19(32-20)9-23(24,25)26/h2-3,8,12,15,30H,4-7,9,11H2,1H3,(H,28,29,31). The van der Waals surface area contributed by atoms with Crippen LogP contribution in [0, 0.1) is 18.3 Å². The number of alkyl halides is 3. The van der Waals surface area contributed by atoms with Crippen molar-refractivity contribution < 1.29 is 17.6 Å². The number of piperidine rings is 1. The Morgan fingerprint density at radius 1 is 1.26 bits per heavy atom. The van der Waals surface area contributed by atoms with E-state index in [2.05, 4.69) is 49.2 Å². The highest BCUT2D eigenvalue weighted by atomic mass is 19.4. The van der Waals surface area contributed by atoms with E-state index in [9.17, 15) is 13.2 Å².